The monoisotopic (exact) mass is 271 g/mol. The van der Waals surface area contributed by atoms with Crippen molar-refractivity contribution in [1.29, 1.82) is 0 Å². The zero-order valence-electron chi connectivity index (χ0n) is 11.6. The molecule has 1 amide bonds. The summed E-state index contributed by atoms with van der Waals surface area (Å²) >= 11 is 0. The fourth-order valence-corrected chi connectivity index (χ4v) is 2.83. The molecule has 3 rings (SSSR count). The Bertz CT molecular complexity index is 584. The van der Waals surface area contributed by atoms with Crippen LogP contribution in [0, 0.1) is 0 Å². The summed E-state index contributed by atoms with van der Waals surface area (Å²) < 4.78 is 0. The van der Waals surface area contributed by atoms with Crippen molar-refractivity contribution < 1.29 is 4.79 Å². The number of hydrogen-bond acceptors (Lipinski definition) is 2. The fraction of sp³-hybridized carbons (Fsp3) is 0.438. The molecule has 1 aliphatic rings. The van der Waals surface area contributed by atoms with Crippen LogP contribution >= 0.6 is 0 Å². The van der Waals surface area contributed by atoms with Gasteiger partial charge in [-0.15, -0.1) is 0 Å². The molecule has 1 aromatic heterocycles. The molecule has 1 aromatic carbocycles. The Morgan fingerprint density at radius 1 is 1.30 bits per heavy atom. The van der Waals surface area contributed by atoms with E-state index < -0.39 is 0 Å². The Balaban J connectivity index is 1.52. The SMILES string of the molecule is O=C(CCC1CCCCN1)Nc1ccc2[nH]ccc2c1. The number of aromatic amines is 1. The zero-order chi connectivity index (χ0) is 13.8. The second kappa shape index (κ2) is 6.09. The molecule has 2 aromatic rings. The lowest BCUT2D eigenvalue weighted by atomic mass is 10.0. The molecule has 0 bridgehead atoms. The van der Waals surface area contributed by atoms with Crippen molar-refractivity contribution >= 4 is 22.5 Å². The van der Waals surface area contributed by atoms with E-state index in [1.807, 2.05) is 30.5 Å². The van der Waals surface area contributed by atoms with E-state index in [2.05, 4.69) is 15.6 Å². The van der Waals surface area contributed by atoms with E-state index in [1.54, 1.807) is 0 Å². The van der Waals surface area contributed by atoms with Crippen molar-refractivity contribution in [3.8, 4) is 0 Å². The summed E-state index contributed by atoms with van der Waals surface area (Å²) in [7, 11) is 0. The summed E-state index contributed by atoms with van der Waals surface area (Å²) in [6, 6.07) is 8.46. The molecule has 1 saturated heterocycles. The molecule has 0 aliphatic carbocycles. The molecule has 3 N–H and O–H groups in total. The number of fused-ring (bicyclic) bond motifs is 1. The normalized spacial score (nSPS) is 19.1. The number of aromatic nitrogens is 1. The third-order valence-corrected chi connectivity index (χ3v) is 3.97. The Morgan fingerprint density at radius 2 is 2.25 bits per heavy atom. The van der Waals surface area contributed by atoms with Gasteiger partial charge in [0.15, 0.2) is 0 Å². The fourth-order valence-electron chi connectivity index (χ4n) is 2.83. The third kappa shape index (κ3) is 3.20. The number of anilines is 1. The van der Waals surface area contributed by atoms with Crippen LogP contribution < -0.4 is 10.6 Å². The summed E-state index contributed by atoms with van der Waals surface area (Å²) in [5, 5.41) is 7.58. The lowest BCUT2D eigenvalue weighted by Gasteiger charge is -2.23. The number of carbonyl (C=O) groups excluding carboxylic acids is 1. The molecule has 4 heteroatoms. The molecular formula is C16H21N3O. The number of piperidine rings is 1. The minimum atomic E-state index is 0.104. The third-order valence-electron chi connectivity index (χ3n) is 3.97. The van der Waals surface area contributed by atoms with E-state index in [1.165, 1.54) is 19.3 Å². The van der Waals surface area contributed by atoms with E-state index in [-0.39, 0.29) is 5.91 Å². The molecule has 1 aliphatic heterocycles. The molecule has 0 radical (unpaired) electrons. The van der Waals surface area contributed by atoms with Gasteiger partial charge in [-0.05, 0) is 50.1 Å². The number of carbonyl (C=O) groups is 1. The smallest absolute Gasteiger partial charge is 0.224 e. The number of benzene rings is 1. The Kier molecular flexibility index (Phi) is 4.02. The van der Waals surface area contributed by atoms with Crippen LogP contribution in [-0.2, 0) is 4.79 Å². The highest BCUT2D eigenvalue weighted by Gasteiger charge is 2.14. The van der Waals surface area contributed by atoms with Gasteiger partial charge in [0.2, 0.25) is 5.91 Å². The molecule has 1 fully saturated rings. The Hall–Kier alpha value is -1.81. The maximum absolute atomic E-state index is 12.0. The first-order valence-electron chi connectivity index (χ1n) is 7.42. The highest BCUT2D eigenvalue weighted by atomic mass is 16.1. The van der Waals surface area contributed by atoms with E-state index in [4.69, 9.17) is 0 Å². The molecule has 0 saturated carbocycles. The molecular weight excluding hydrogens is 250 g/mol. The van der Waals surface area contributed by atoms with Crippen molar-refractivity contribution in [2.75, 3.05) is 11.9 Å². The molecule has 106 valence electrons. The molecule has 1 unspecified atom stereocenters. The van der Waals surface area contributed by atoms with Crippen molar-refractivity contribution in [3.05, 3.63) is 30.5 Å². The van der Waals surface area contributed by atoms with Crippen LogP contribution in [0.2, 0.25) is 0 Å². The van der Waals surface area contributed by atoms with Crippen molar-refractivity contribution in [2.45, 2.75) is 38.1 Å². The highest BCUT2D eigenvalue weighted by Crippen LogP contribution is 2.18. The lowest BCUT2D eigenvalue weighted by Crippen LogP contribution is -2.34. The summed E-state index contributed by atoms with van der Waals surface area (Å²) in [6.45, 7) is 1.09. The van der Waals surface area contributed by atoms with Crippen molar-refractivity contribution in [1.82, 2.24) is 10.3 Å². The summed E-state index contributed by atoms with van der Waals surface area (Å²) in [5.41, 5.74) is 1.97. The van der Waals surface area contributed by atoms with Gasteiger partial charge >= 0.3 is 0 Å². The first-order chi connectivity index (χ1) is 9.81. The van der Waals surface area contributed by atoms with Gasteiger partial charge in [-0.1, -0.05) is 6.42 Å². The number of amides is 1. The standard InChI is InChI=1S/C16H21N3O/c20-16(7-5-13-3-1-2-9-17-13)19-14-4-6-15-12(11-14)8-10-18-15/h4,6,8,10-11,13,17-18H,1-3,5,7,9H2,(H,19,20). The average molecular weight is 271 g/mol. The van der Waals surface area contributed by atoms with E-state index in [0.717, 1.165) is 29.6 Å². The first kappa shape index (κ1) is 13.2. The van der Waals surface area contributed by atoms with Crippen LogP contribution in [-0.4, -0.2) is 23.5 Å². The quantitative estimate of drug-likeness (QED) is 0.800. The maximum Gasteiger partial charge on any atom is 0.224 e. The molecule has 20 heavy (non-hydrogen) atoms. The number of hydrogen-bond donors (Lipinski definition) is 3. The number of nitrogens with one attached hydrogen (secondary N) is 3. The summed E-state index contributed by atoms with van der Waals surface area (Å²) in [6.07, 6.45) is 7.16. The lowest BCUT2D eigenvalue weighted by molar-refractivity contribution is -0.116. The second-order valence-corrected chi connectivity index (χ2v) is 5.51. The van der Waals surface area contributed by atoms with Gasteiger partial charge in [0.1, 0.15) is 0 Å². The van der Waals surface area contributed by atoms with Crippen LogP contribution in [0.5, 0.6) is 0 Å². The molecule has 2 heterocycles. The molecule has 0 spiro atoms. The molecule has 4 nitrogen and oxygen atoms in total. The van der Waals surface area contributed by atoms with Gasteiger partial charge in [0.25, 0.3) is 0 Å². The Labute approximate surface area is 118 Å². The largest absolute Gasteiger partial charge is 0.361 e. The van der Waals surface area contributed by atoms with Crippen LogP contribution in [0.25, 0.3) is 10.9 Å². The predicted octanol–water partition coefficient (Wildman–Crippen LogP) is 3.03. The van der Waals surface area contributed by atoms with Crippen molar-refractivity contribution in [3.63, 3.8) is 0 Å². The summed E-state index contributed by atoms with van der Waals surface area (Å²) in [4.78, 5) is 15.1. The average Bonchev–Trinajstić information content (AvgIpc) is 2.94. The minimum absolute atomic E-state index is 0.104. The van der Waals surface area contributed by atoms with Gasteiger partial charge in [-0.3, -0.25) is 4.79 Å². The second-order valence-electron chi connectivity index (χ2n) is 5.51. The van der Waals surface area contributed by atoms with E-state index in [9.17, 15) is 4.79 Å². The van der Waals surface area contributed by atoms with Crippen LogP contribution in [0.1, 0.15) is 32.1 Å². The minimum Gasteiger partial charge on any atom is -0.361 e. The zero-order valence-corrected chi connectivity index (χ0v) is 11.6. The van der Waals surface area contributed by atoms with E-state index >= 15 is 0 Å². The highest BCUT2D eigenvalue weighted by molar-refractivity contribution is 5.93. The van der Waals surface area contributed by atoms with Gasteiger partial charge in [0, 0.05) is 35.2 Å². The van der Waals surface area contributed by atoms with Crippen LogP contribution in [0.15, 0.2) is 30.5 Å². The van der Waals surface area contributed by atoms with Crippen LogP contribution in [0.3, 0.4) is 0 Å². The topological polar surface area (TPSA) is 56.9 Å². The predicted molar refractivity (Wildman–Crippen MR) is 81.8 cm³/mol. The summed E-state index contributed by atoms with van der Waals surface area (Å²) in [5.74, 6) is 0.104. The van der Waals surface area contributed by atoms with Gasteiger partial charge < -0.3 is 15.6 Å². The molecule has 1 atom stereocenters. The van der Waals surface area contributed by atoms with Gasteiger partial charge in [-0.25, -0.2) is 0 Å². The van der Waals surface area contributed by atoms with E-state index in [0.29, 0.717) is 12.5 Å². The Morgan fingerprint density at radius 3 is 3.10 bits per heavy atom. The van der Waals surface area contributed by atoms with Gasteiger partial charge in [0.05, 0.1) is 0 Å². The number of rotatable bonds is 4. The number of H-pyrrole nitrogens is 1. The maximum atomic E-state index is 12.0. The van der Waals surface area contributed by atoms with Gasteiger partial charge in [-0.2, -0.15) is 0 Å². The van der Waals surface area contributed by atoms with Crippen LogP contribution in [0.4, 0.5) is 5.69 Å². The first-order valence-corrected chi connectivity index (χ1v) is 7.42. The van der Waals surface area contributed by atoms with Crippen molar-refractivity contribution in [2.24, 2.45) is 0 Å².